The van der Waals surface area contributed by atoms with Crippen molar-refractivity contribution in [3.05, 3.63) is 48.5 Å². The van der Waals surface area contributed by atoms with E-state index >= 15 is 0 Å². The Kier molecular flexibility index (Phi) is 7.28. The van der Waals surface area contributed by atoms with E-state index in [1.807, 2.05) is 19.2 Å². The summed E-state index contributed by atoms with van der Waals surface area (Å²) in [7, 11) is -2.63. The van der Waals surface area contributed by atoms with E-state index in [0.717, 1.165) is 16.5 Å². The molecular formula is C22H31N3O4S2. The summed E-state index contributed by atoms with van der Waals surface area (Å²) in [6.45, 7) is 0.885. The lowest BCUT2D eigenvalue weighted by Gasteiger charge is -2.29. The number of nitrogens with zero attached hydrogens (tertiary/aromatic N) is 2. The van der Waals surface area contributed by atoms with E-state index in [0.29, 0.717) is 11.6 Å². The van der Waals surface area contributed by atoms with Gasteiger partial charge in [-0.25, -0.2) is 21.1 Å². The van der Waals surface area contributed by atoms with E-state index < -0.39 is 20.0 Å². The molecule has 31 heavy (non-hydrogen) atoms. The minimum Gasteiger partial charge on any atom is -0.373 e. The summed E-state index contributed by atoms with van der Waals surface area (Å²) in [5, 5.41) is 0. The maximum Gasteiger partial charge on any atom is 0.261 e. The summed E-state index contributed by atoms with van der Waals surface area (Å²) >= 11 is 0. The molecule has 0 spiro atoms. The molecule has 7 nitrogen and oxygen atoms in total. The number of para-hydroxylation sites is 2. The molecule has 0 aromatic heterocycles. The van der Waals surface area contributed by atoms with Crippen molar-refractivity contribution in [1.29, 1.82) is 0 Å². The summed E-state index contributed by atoms with van der Waals surface area (Å²) in [6, 6.07) is 12.6. The fraction of sp³-hybridized carbons (Fsp3) is 0.455. The molecule has 2 aromatic carbocycles. The Morgan fingerprint density at radius 2 is 1.42 bits per heavy atom. The number of hydrogen-bond acceptors (Lipinski definition) is 5. The van der Waals surface area contributed by atoms with Crippen molar-refractivity contribution in [3.63, 3.8) is 0 Å². The van der Waals surface area contributed by atoms with Crippen molar-refractivity contribution in [2.24, 2.45) is 5.92 Å². The zero-order chi connectivity index (χ0) is 22.6. The van der Waals surface area contributed by atoms with Crippen LogP contribution in [0.25, 0.3) is 0 Å². The summed E-state index contributed by atoms with van der Waals surface area (Å²) in [4.78, 5) is 2.17. The van der Waals surface area contributed by atoms with Crippen LogP contribution in [0.5, 0.6) is 0 Å². The standard InChI is InChI=1S/C22H31N3O4S2/c1-24(2)31(28,29)20-15-13-19(14-16-20)30(26,27)23-21-11-7-8-12-22(21)25(3)17-18-9-5-4-6-10-18/h7-8,11-16,18,23H,4-6,9-10,17H2,1-3H3. The normalized spacial score (nSPS) is 15.7. The fourth-order valence-electron chi connectivity index (χ4n) is 3.95. The maximum atomic E-state index is 13.0. The first-order valence-corrected chi connectivity index (χ1v) is 13.4. The molecule has 0 saturated heterocycles. The van der Waals surface area contributed by atoms with Gasteiger partial charge in [0.2, 0.25) is 10.0 Å². The Bertz CT molecular complexity index is 1090. The Morgan fingerprint density at radius 3 is 2.03 bits per heavy atom. The lowest BCUT2D eigenvalue weighted by atomic mass is 9.89. The fourth-order valence-corrected chi connectivity index (χ4v) is 5.93. The zero-order valence-electron chi connectivity index (χ0n) is 18.3. The Morgan fingerprint density at radius 1 is 0.839 bits per heavy atom. The van der Waals surface area contributed by atoms with E-state index in [1.54, 1.807) is 12.1 Å². The molecule has 1 N–H and O–H groups in total. The second-order valence-corrected chi connectivity index (χ2v) is 12.1. The van der Waals surface area contributed by atoms with Gasteiger partial charge in [-0.3, -0.25) is 4.72 Å². The van der Waals surface area contributed by atoms with Crippen molar-refractivity contribution >= 4 is 31.4 Å². The molecule has 0 heterocycles. The van der Waals surface area contributed by atoms with Crippen molar-refractivity contribution in [2.45, 2.75) is 41.9 Å². The minimum atomic E-state index is -3.87. The van der Waals surface area contributed by atoms with Gasteiger partial charge in [0.25, 0.3) is 10.0 Å². The second-order valence-electron chi connectivity index (χ2n) is 8.27. The number of sulfonamides is 2. The van der Waals surface area contributed by atoms with Gasteiger partial charge in [0, 0.05) is 27.7 Å². The van der Waals surface area contributed by atoms with Crippen LogP contribution in [-0.4, -0.2) is 48.8 Å². The highest BCUT2D eigenvalue weighted by atomic mass is 32.2. The first-order chi connectivity index (χ1) is 14.6. The number of anilines is 2. The van der Waals surface area contributed by atoms with Crippen LogP contribution in [0.1, 0.15) is 32.1 Å². The number of nitrogens with one attached hydrogen (secondary N) is 1. The highest BCUT2D eigenvalue weighted by Gasteiger charge is 2.22. The minimum absolute atomic E-state index is 0.00921. The molecule has 0 aliphatic heterocycles. The third kappa shape index (κ3) is 5.58. The SMILES string of the molecule is CN(CC1CCCCC1)c1ccccc1NS(=O)(=O)c1ccc(S(=O)(=O)N(C)C)cc1. The number of hydrogen-bond donors (Lipinski definition) is 1. The molecular weight excluding hydrogens is 434 g/mol. The van der Waals surface area contributed by atoms with Crippen molar-refractivity contribution in [3.8, 4) is 0 Å². The largest absolute Gasteiger partial charge is 0.373 e. The number of rotatable bonds is 8. The molecule has 1 aliphatic carbocycles. The molecule has 0 radical (unpaired) electrons. The van der Waals surface area contributed by atoms with Crippen LogP contribution in [0.3, 0.4) is 0 Å². The first-order valence-electron chi connectivity index (χ1n) is 10.5. The topological polar surface area (TPSA) is 86.8 Å². The average molecular weight is 466 g/mol. The molecule has 1 fully saturated rings. The zero-order valence-corrected chi connectivity index (χ0v) is 19.9. The molecule has 170 valence electrons. The van der Waals surface area contributed by atoms with Gasteiger partial charge in [0.15, 0.2) is 0 Å². The Hall–Kier alpha value is -2.10. The van der Waals surface area contributed by atoms with Gasteiger partial charge in [-0.05, 0) is 55.2 Å². The molecule has 3 rings (SSSR count). The van der Waals surface area contributed by atoms with Crippen LogP contribution >= 0.6 is 0 Å². The highest BCUT2D eigenvalue weighted by molar-refractivity contribution is 7.92. The van der Waals surface area contributed by atoms with Gasteiger partial charge in [0.1, 0.15) is 0 Å². The third-order valence-corrected chi connectivity index (χ3v) is 8.94. The Balaban J connectivity index is 1.80. The smallest absolute Gasteiger partial charge is 0.261 e. The van der Waals surface area contributed by atoms with Crippen LogP contribution in [0.15, 0.2) is 58.3 Å². The third-order valence-electron chi connectivity index (χ3n) is 5.73. The molecule has 0 unspecified atom stereocenters. The van der Waals surface area contributed by atoms with E-state index in [9.17, 15) is 16.8 Å². The lowest BCUT2D eigenvalue weighted by molar-refractivity contribution is 0.362. The van der Waals surface area contributed by atoms with Gasteiger partial charge in [-0.2, -0.15) is 0 Å². The van der Waals surface area contributed by atoms with Crippen LogP contribution in [0, 0.1) is 5.92 Å². The molecule has 9 heteroatoms. The lowest BCUT2D eigenvalue weighted by Crippen LogP contribution is -2.28. The molecule has 0 bridgehead atoms. The summed E-state index contributed by atoms with van der Waals surface area (Å²) in [5.74, 6) is 0.620. The monoisotopic (exact) mass is 465 g/mol. The second kappa shape index (κ2) is 9.58. The predicted octanol–water partition coefficient (Wildman–Crippen LogP) is 3.75. The summed E-state index contributed by atoms with van der Waals surface area (Å²) in [5.41, 5.74) is 1.33. The van der Waals surface area contributed by atoms with Gasteiger partial charge in [-0.1, -0.05) is 31.4 Å². The predicted molar refractivity (Wildman–Crippen MR) is 124 cm³/mol. The van der Waals surface area contributed by atoms with Crippen LogP contribution < -0.4 is 9.62 Å². The van der Waals surface area contributed by atoms with Gasteiger partial charge < -0.3 is 4.90 Å². The van der Waals surface area contributed by atoms with E-state index in [-0.39, 0.29) is 9.79 Å². The van der Waals surface area contributed by atoms with Gasteiger partial charge >= 0.3 is 0 Å². The average Bonchev–Trinajstić information content (AvgIpc) is 2.74. The molecule has 1 aliphatic rings. The van der Waals surface area contributed by atoms with Crippen molar-refractivity contribution in [2.75, 3.05) is 37.3 Å². The van der Waals surface area contributed by atoms with Crippen LogP contribution in [0.2, 0.25) is 0 Å². The summed E-state index contributed by atoms with van der Waals surface area (Å²) in [6.07, 6.45) is 6.23. The first kappa shape index (κ1) is 23.6. The summed E-state index contributed by atoms with van der Waals surface area (Å²) < 4.78 is 54.2. The van der Waals surface area contributed by atoms with Crippen LogP contribution in [-0.2, 0) is 20.0 Å². The molecule has 0 atom stereocenters. The molecule has 0 amide bonds. The van der Waals surface area contributed by atoms with Gasteiger partial charge in [-0.15, -0.1) is 0 Å². The quantitative estimate of drug-likeness (QED) is 0.642. The maximum absolute atomic E-state index is 13.0. The van der Waals surface area contributed by atoms with E-state index in [4.69, 9.17) is 0 Å². The van der Waals surface area contributed by atoms with Crippen LogP contribution in [0.4, 0.5) is 11.4 Å². The Labute approximate surface area is 186 Å². The van der Waals surface area contributed by atoms with Gasteiger partial charge in [0.05, 0.1) is 21.2 Å². The number of benzene rings is 2. The molecule has 1 saturated carbocycles. The molecule has 2 aromatic rings. The van der Waals surface area contributed by atoms with E-state index in [1.165, 1.54) is 70.5 Å². The van der Waals surface area contributed by atoms with E-state index in [2.05, 4.69) is 9.62 Å². The highest BCUT2D eigenvalue weighted by Crippen LogP contribution is 2.31. The van der Waals surface area contributed by atoms with Crippen molar-refractivity contribution in [1.82, 2.24) is 4.31 Å². The van der Waals surface area contributed by atoms with Crippen molar-refractivity contribution < 1.29 is 16.8 Å².